The van der Waals surface area contributed by atoms with E-state index < -0.39 is 0 Å². The average Bonchev–Trinajstić information content (AvgIpc) is 3.17. The van der Waals surface area contributed by atoms with Crippen molar-refractivity contribution < 1.29 is 5.11 Å². The molecule has 23 heavy (non-hydrogen) atoms. The minimum atomic E-state index is -0.0812. The number of nitriles is 1. The van der Waals surface area contributed by atoms with E-state index in [1.54, 1.807) is 0 Å². The number of aromatic amines is 1. The number of H-pyrrole nitrogens is 1. The number of anilines is 1. The van der Waals surface area contributed by atoms with Crippen molar-refractivity contribution in [2.75, 3.05) is 11.9 Å². The maximum Gasteiger partial charge on any atom is 0.143 e. The number of thiophene rings is 1. The van der Waals surface area contributed by atoms with Gasteiger partial charge in [0.2, 0.25) is 0 Å². The van der Waals surface area contributed by atoms with Crippen LogP contribution >= 0.6 is 11.3 Å². The van der Waals surface area contributed by atoms with Crippen molar-refractivity contribution in [3.8, 4) is 17.3 Å². The molecule has 0 saturated carbocycles. The van der Waals surface area contributed by atoms with Crippen LogP contribution in [0.25, 0.3) is 22.3 Å². The number of aromatic nitrogens is 3. The molecule has 3 aromatic rings. The highest BCUT2D eigenvalue weighted by molar-refractivity contribution is 7.11. The molecule has 118 valence electrons. The van der Waals surface area contributed by atoms with Gasteiger partial charge >= 0.3 is 0 Å². The lowest BCUT2D eigenvalue weighted by Gasteiger charge is -2.20. The summed E-state index contributed by atoms with van der Waals surface area (Å²) in [7, 11) is 0. The molecule has 0 amide bonds. The van der Waals surface area contributed by atoms with Crippen LogP contribution in [0.5, 0.6) is 0 Å². The zero-order valence-electron chi connectivity index (χ0n) is 12.9. The van der Waals surface area contributed by atoms with Crippen LogP contribution in [0.3, 0.4) is 0 Å². The number of nitrogens with zero attached hydrogens (tertiary/aromatic N) is 3. The van der Waals surface area contributed by atoms with Crippen LogP contribution in [0.1, 0.15) is 18.7 Å². The number of rotatable bonds is 5. The van der Waals surface area contributed by atoms with E-state index in [0.717, 1.165) is 16.6 Å². The first-order valence-electron chi connectivity index (χ1n) is 7.33. The van der Waals surface area contributed by atoms with Crippen molar-refractivity contribution in [3.63, 3.8) is 0 Å². The summed E-state index contributed by atoms with van der Waals surface area (Å²) in [5.41, 5.74) is 2.41. The lowest BCUT2D eigenvalue weighted by molar-refractivity contribution is 0.249. The first-order valence-corrected chi connectivity index (χ1v) is 8.21. The molecule has 7 heteroatoms. The largest absolute Gasteiger partial charge is 0.394 e. The molecule has 0 radical (unpaired) electrons. The predicted molar refractivity (Wildman–Crippen MR) is 91.3 cm³/mol. The first kappa shape index (κ1) is 15.5. The molecule has 0 saturated heterocycles. The highest BCUT2D eigenvalue weighted by Crippen LogP contribution is 2.31. The monoisotopic (exact) mass is 327 g/mol. The van der Waals surface area contributed by atoms with Gasteiger partial charge in [0.15, 0.2) is 0 Å². The Morgan fingerprint density at radius 2 is 2.26 bits per heavy atom. The molecular weight excluding hydrogens is 310 g/mol. The van der Waals surface area contributed by atoms with Crippen molar-refractivity contribution in [2.45, 2.75) is 19.9 Å². The van der Waals surface area contributed by atoms with Crippen LogP contribution in [-0.4, -0.2) is 32.7 Å². The van der Waals surface area contributed by atoms with E-state index in [0.29, 0.717) is 16.3 Å². The third kappa shape index (κ3) is 2.91. The fraction of sp³-hybridized carbons (Fsp3) is 0.312. The first-order chi connectivity index (χ1) is 11.1. The molecule has 1 atom stereocenters. The summed E-state index contributed by atoms with van der Waals surface area (Å²) in [6, 6.07) is 5.98. The molecule has 0 aromatic carbocycles. The van der Waals surface area contributed by atoms with E-state index in [9.17, 15) is 10.4 Å². The second-order valence-corrected chi connectivity index (χ2v) is 6.54. The van der Waals surface area contributed by atoms with Gasteiger partial charge in [-0.05, 0) is 23.4 Å². The minimum absolute atomic E-state index is 0.0313. The second-order valence-electron chi connectivity index (χ2n) is 5.62. The van der Waals surface area contributed by atoms with Gasteiger partial charge in [-0.3, -0.25) is 0 Å². The van der Waals surface area contributed by atoms with Gasteiger partial charge in [-0.2, -0.15) is 5.26 Å². The Hall–Kier alpha value is -2.43. The van der Waals surface area contributed by atoms with E-state index in [2.05, 4.69) is 26.3 Å². The summed E-state index contributed by atoms with van der Waals surface area (Å²) in [5.74, 6) is 0.949. The number of hydrogen-bond acceptors (Lipinski definition) is 6. The SMILES string of the molecule is CC(C)C(CO)Nc1ncnc2[nH]c(-c3ccsc3C#N)cc12. The van der Waals surface area contributed by atoms with Crippen LogP contribution < -0.4 is 5.32 Å². The van der Waals surface area contributed by atoms with Gasteiger partial charge in [0.05, 0.1) is 18.0 Å². The Bertz CT molecular complexity index is 861. The van der Waals surface area contributed by atoms with E-state index in [4.69, 9.17) is 0 Å². The molecule has 0 bridgehead atoms. The van der Waals surface area contributed by atoms with E-state index >= 15 is 0 Å². The molecule has 3 rings (SSSR count). The van der Waals surface area contributed by atoms with Gasteiger partial charge in [0, 0.05) is 11.3 Å². The van der Waals surface area contributed by atoms with Gasteiger partial charge < -0.3 is 15.4 Å². The standard InChI is InChI=1S/C16H17N5OS/c1-9(2)13(7-22)21-16-11-5-12(20-15(11)18-8-19-16)10-3-4-23-14(10)6-17/h3-5,8-9,13,22H,7H2,1-2H3,(H2,18,19,20,21). The third-order valence-electron chi connectivity index (χ3n) is 3.81. The topological polar surface area (TPSA) is 97.6 Å². The van der Waals surface area contributed by atoms with Crippen LogP contribution in [0.4, 0.5) is 5.82 Å². The normalized spacial score (nSPS) is 12.5. The second kappa shape index (κ2) is 6.36. The molecule has 0 aliphatic carbocycles. The number of aliphatic hydroxyl groups is 1. The number of nitrogens with one attached hydrogen (secondary N) is 2. The summed E-state index contributed by atoms with van der Waals surface area (Å²) in [6.07, 6.45) is 1.48. The van der Waals surface area contributed by atoms with Crippen LogP contribution in [0, 0.1) is 17.2 Å². The van der Waals surface area contributed by atoms with E-state index in [-0.39, 0.29) is 18.6 Å². The number of hydrogen-bond donors (Lipinski definition) is 3. The lowest BCUT2D eigenvalue weighted by atomic mass is 10.1. The van der Waals surface area contributed by atoms with Gasteiger partial charge in [-0.1, -0.05) is 13.8 Å². The van der Waals surface area contributed by atoms with E-state index in [1.807, 2.05) is 31.4 Å². The highest BCUT2D eigenvalue weighted by Gasteiger charge is 2.17. The summed E-state index contributed by atoms with van der Waals surface area (Å²) >= 11 is 1.41. The Labute approximate surface area is 137 Å². The Balaban J connectivity index is 2.04. The maximum atomic E-state index is 9.51. The minimum Gasteiger partial charge on any atom is -0.394 e. The van der Waals surface area contributed by atoms with Gasteiger partial charge in [-0.25, -0.2) is 9.97 Å². The number of aliphatic hydroxyl groups excluding tert-OH is 1. The molecule has 0 aliphatic heterocycles. The quantitative estimate of drug-likeness (QED) is 0.669. The average molecular weight is 327 g/mol. The molecule has 3 aromatic heterocycles. The van der Waals surface area contributed by atoms with Gasteiger partial charge in [-0.15, -0.1) is 11.3 Å². The number of fused-ring (bicyclic) bond motifs is 1. The van der Waals surface area contributed by atoms with Gasteiger partial charge in [0.25, 0.3) is 0 Å². The molecule has 0 fully saturated rings. The summed E-state index contributed by atoms with van der Waals surface area (Å²) in [6.45, 7) is 4.11. The van der Waals surface area contributed by atoms with Crippen molar-refractivity contribution in [2.24, 2.45) is 5.92 Å². The summed E-state index contributed by atoms with van der Waals surface area (Å²) < 4.78 is 0. The molecule has 1 unspecified atom stereocenters. The molecule has 3 N–H and O–H groups in total. The van der Waals surface area contributed by atoms with E-state index in [1.165, 1.54) is 17.7 Å². The lowest BCUT2D eigenvalue weighted by Crippen LogP contribution is -2.29. The van der Waals surface area contributed by atoms with Crippen LogP contribution in [-0.2, 0) is 0 Å². The zero-order valence-corrected chi connectivity index (χ0v) is 13.7. The molecule has 0 spiro atoms. The van der Waals surface area contributed by atoms with Gasteiger partial charge in [0.1, 0.15) is 28.7 Å². The molecule has 0 aliphatic rings. The smallest absolute Gasteiger partial charge is 0.143 e. The van der Waals surface area contributed by atoms with Crippen LogP contribution in [0.2, 0.25) is 0 Å². The fourth-order valence-corrected chi connectivity index (χ4v) is 3.10. The van der Waals surface area contributed by atoms with Crippen LogP contribution in [0.15, 0.2) is 23.8 Å². The van der Waals surface area contributed by atoms with Crippen molar-refractivity contribution >= 4 is 28.2 Å². The highest BCUT2D eigenvalue weighted by atomic mass is 32.1. The van der Waals surface area contributed by atoms with Crippen molar-refractivity contribution in [1.82, 2.24) is 15.0 Å². The predicted octanol–water partition coefficient (Wildman–Crippen LogP) is 2.99. The maximum absolute atomic E-state index is 9.51. The molecule has 6 nitrogen and oxygen atoms in total. The Morgan fingerprint density at radius 3 is 2.96 bits per heavy atom. The fourth-order valence-electron chi connectivity index (χ4n) is 2.41. The van der Waals surface area contributed by atoms with Crippen molar-refractivity contribution in [3.05, 3.63) is 28.7 Å². The van der Waals surface area contributed by atoms with Crippen molar-refractivity contribution in [1.29, 1.82) is 5.26 Å². The Kier molecular flexibility index (Phi) is 4.28. The molecule has 3 heterocycles. The summed E-state index contributed by atoms with van der Waals surface area (Å²) in [5, 5.41) is 24.7. The third-order valence-corrected chi connectivity index (χ3v) is 4.63. The zero-order chi connectivity index (χ0) is 16.4. The summed E-state index contributed by atoms with van der Waals surface area (Å²) in [4.78, 5) is 12.5. The Morgan fingerprint density at radius 1 is 1.43 bits per heavy atom. The molecular formula is C16H17N5OS.